The summed E-state index contributed by atoms with van der Waals surface area (Å²) in [6, 6.07) is 6.48. The van der Waals surface area contributed by atoms with Crippen LogP contribution in [0.25, 0.3) is 11.3 Å². The molecular weight excluding hydrogens is 182 g/mol. The zero-order valence-corrected chi connectivity index (χ0v) is 7.18. The van der Waals surface area contributed by atoms with Crippen LogP contribution in [0.15, 0.2) is 34.9 Å². The lowest BCUT2D eigenvalue weighted by atomic mass is 10.2. The Kier molecular flexibility index (Phi) is 2.02. The standard InChI is InChI=1S/C10H7NO3/c12-5-10-11-9(6-14-10)7-1-3-8(13)4-2-7/h1-6,13H. The van der Waals surface area contributed by atoms with Gasteiger partial charge in [0.2, 0.25) is 6.29 Å². The van der Waals surface area contributed by atoms with Crippen molar-refractivity contribution in [2.45, 2.75) is 0 Å². The number of phenolic OH excluding ortho intramolecular Hbond substituents is 1. The number of benzene rings is 1. The molecule has 2 aromatic rings. The summed E-state index contributed by atoms with van der Waals surface area (Å²) in [5.41, 5.74) is 1.37. The smallest absolute Gasteiger partial charge is 0.260 e. The van der Waals surface area contributed by atoms with Gasteiger partial charge in [0, 0.05) is 5.56 Å². The lowest BCUT2D eigenvalue weighted by Crippen LogP contribution is -1.79. The molecule has 1 heterocycles. The Morgan fingerprint density at radius 1 is 1.29 bits per heavy atom. The molecule has 0 fully saturated rings. The van der Waals surface area contributed by atoms with Gasteiger partial charge in [0.05, 0.1) is 0 Å². The first-order valence-corrected chi connectivity index (χ1v) is 4.00. The van der Waals surface area contributed by atoms with Gasteiger partial charge in [0.25, 0.3) is 5.89 Å². The van der Waals surface area contributed by atoms with Crippen molar-refractivity contribution in [1.29, 1.82) is 0 Å². The summed E-state index contributed by atoms with van der Waals surface area (Å²) < 4.78 is 4.86. The molecule has 0 aliphatic rings. The Morgan fingerprint density at radius 2 is 2.00 bits per heavy atom. The van der Waals surface area contributed by atoms with Gasteiger partial charge in [-0.3, -0.25) is 4.79 Å². The van der Waals surface area contributed by atoms with Gasteiger partial charge in [-0.1, -0.05) is 0 Å². The second-order valence-corrected chi connectivity index (χ2v) is 2.74. The van der Waals surface area contributed by atoms with Crippen molar-refractivity contribution in [2.75, 3.05) is 0 Å². The first-order chi connectivity index (χ1) is 6.79. The van der Waals surface area contributed by atoms with Crippen LogP contribution in [0.1, 0.15) is 10.7 Å². The summed E-state index contributed by atoms with van der Waals surface area (Å²) in [5.74, 6) is 0.237. The zero-order chi connectivity index (χ0) is 9.97. The van der Waals surface area contributed by atoms with Gasteiger partial charge in [0.1, 0.15) is 17.7 Å². The van der Waals surface area contributed by atoms with Crippen molar-refractivity contribution in [3.8, 4) is 17.0 Å². The first kappa shape index (κ1) is 8.50. The minimum atomic E-state index is 0.0491. The van der Waals surface area contributed by atoms with Crippen LogP contribution >= 0.6 is 0 Å². The van der Waals surface area contributed by atoms with E-state index in [1.54, 1.807) is 24.3 Å². The van der Waals surface area contributed by atoms with Crippen molar-refractivity contribution >= 4 is 6.29 Å². The van der Waals surface area contributed by atoms with E-state index in [9.17, 15) is 4.79 Å². The number of carbonyl (C=O) groups excluding carboxylic acids is 1. The largest absolute Gasteiger partial charge is 0.508 e. The topological polar surface area (TPSA) is 63.3 Å². The minimum absolute atomic E-state index is 0.0491. The lowest BCUT2D eigenvalue weighted by molar-refractivity contribution is 0.109. The highest BCUT2D eigenvalue weighted by molar-refractivity contribution is 5.70. The number of aromatic nitrogens is 1. The molecule has 0 atom stereocenters. The van der Waals surface area contributed by atoms with Gasteiger partial charge in [0.15, 0.2) is 0 Å². The Balaban J connectivity index is 2.39. The fourth-order valence-electron chi connectivity index (χ4n) is 1.11. The van der Waals surface area contributed by atoms with E-state index in [1.807, 2.05) is 0 Å². The first-order valence-electron chi connectivity index (χ1n) is 4.00. The number of phenols is 1. The summed E-state index contributed by atoms with van der Waals surface area (Å²) in [6.45, 7) is 0. The predicted octanol–water partition coefficient (Wildman–Crippen LogP) is 1.86. The maximum Gasteiger partial charge on any atom is 0.260 e. The molecule has 2 rings (SSSR count). The summed E-state index contributed by atoms with van der Waals surface area (Å²) in [7, 11) is 0. The third-order valence-electron chi connectivity index (χ3n) is 1.79. The average molecular weight is 189 g/mol. The van der Waals surface area contributed by atoms with E-state index >= 15 is 0 Å². The van der Waals surface area contributed by atoms with Gasteiger partial charge >= 0.3 is 0 Å². The van der Waals surface area contributed by atoms with Crippen molar-refractivity contribution in [2.24, 2.45) is 0 Å². The van der Waals surface area contributed by atoms with Crippen LogP contribution in [0.3, 0.4) is 0 Å². The van der Waals surface area contributed by atoms with Gasteiger partial charge in [-0.2, -0.15) is 0 Å². The van der Waals surface area contributed by atoms with Gasteiger partial charge in [-0.15, -0.1) is 0 Å². The Hall–Kier alpha value is -2.10. The molecule has 1 N–H and O–H groups in total. The lowest BCUT2D eigenvalue weighted by Gasteiger charge is -1.94. The molecule has 0 aliphatic heterocycles. The van der Waals surface area contributed by atoms with Crippen molar-refractivity contribution in [3.05, 3.63) is 36.4 Å². The van der Waals surface area contributed by atoms with E-state index in [0.717, 1.165) is 5.56 Å². The number of carbonyl (C=O) groups is 1. The maximum absolute atomic E-state index is 10.3. The van der Waals surface area contributed by atoms with Crippen molar-refractivity contribution in [3.63, 3.8) is 0 Å². The average Bonchev–Trinajstić information content (AvgIpc) is 2.67. The van der Waals surface area contributed by atoms with Crippen LogP contribution < -0.4 is 0 Å². The Bertz CT molecular complexity index is 445. The van der Waals surface area contributed by atoms with E-state index in [2.05, 4.69) is 4.98 Å². The molecule has 0 spiro atoms. The van der Waals surface area contributed by atoms with Crippen LogP contribution in [0.2, 0.25) is 0 Å². The monoisotopic (exact) mass is 189 g/mol. The van der Waals surface area contributed by atoms with Gasteiger partial charge in [-0.05, 0) is 24.3 Å². The molecule has 1 aromatic carbocycles. The van der Waals surface area contributed by atoms with Gasteiger partial charge in [-0.25, -0.2) is 4.98 Å². The van der Waals surface area contributed by atoms with Crippen LogP contribution in [0.4, 0.5) is 0 Å². The molecular formula is C10H7NO3. The highest BCUT2D eigenvalue weighted by Gasteiger charge is 2.04. The normalized spacial score (nSPS) is 10.0. The van der Waals surface area contributed by atoms with Gasteiger partial charge < -0.3 is 9.52 Å². The molecule has 0 aliphatic carbocycles. The molecule has 0 bridgehead atoms. The fraction of sp³-hybridized carbons (Fsp3) is 0. The highest BCUT2D eigenvalue weighted by Crippen LogP contribution is 2.20. The molecule has 14 heavy (non-hydrogen) atoms. The van der Waals surface area contributed by atoms with Crippen LogP contribution in [0.5, 0.6) is 5.75 Å². The summed E-state index contributed by atoms with van der Waals surface area (Å²) >= 11 is 0. The molecule has 0 unspecified atom stereocenters. The number of hydrogen-bond acceptors (Lipinski definition) is 4. The molecule has 4 heteroatoms. The number of oxazole rings is 1. The summed E-state index contributed by atoms with van der Waals surface area (Å²) in [4.78, 5) is 14.2. The number of hydrogen-bond donors (Lipinski definition) is 1. The quantitative estimate of drug-likeness (QED) is 0.732. The molecule has 0 amide bonds. The molecule has 70 valence electrons. The van der Waals surface area contributed by atoms with Crippen LogP contribution in [-0.2, 0) is 0 Å². The second-order valence-electron chi connectivity index (χ2n) is 2.74. The Labute approximate surface area is 79.8 Å². The molecule has 0 saturated carbocycles. The second kappa shape index (κ2) is 3.33. The fourth-order valence-corrected chi connectivity index (χ4v) is 1.11. The number of aldehydes is 1. The number of aromatic hydroxyl groups is 1. The highest BCUT2D eigenvalue weighted by atomic mass is 16.3. The minimum Gasteiger partial charge on any atom is -0.508 e. The summed E-state index contributed by atoms with van der Waals surface area (Å²) in [5, 5.41) is 9.05. The SMILES string of the molecule is O=Cc1nc(-c2ccc(O)cc2)co1. The third-order valence-corrected chi connectivity index (χ3v) is 1.79. The van der Waals surface area contributed by atoms with E-state index in [4.69, 9.17) is 9.52 Å². The predicted molar refractivity (Wildman–Crippen MR) is 49.0 cm³/mol. The maximum atomic E-state index is 10.3. The van der Waals surface area contributed by atoms with E-state index < -0.39 is 0 Å². The van der Waals surface area contributed by atoms with E-state index in [1.165, 1.54) is 6.26 Å². The van der Waals surface area contributed by atoms with E-state index in [0.29, 0.717) is 12.0 Å². The molecule has 0 radical (unpaired) electrons. The van der Waals surface area contributed by atoms with Crippen LogP contribution in [0, 0.1) is 0 Å². The molecule has 1 aromatic heterocycles. The third kappa shape index (κ3) is 1.50. The van der Waals surface area contributed by atoms with E-state index in [-0.39, 0.29) is 11.6 Å². The Morgan fingerprint density at radius 3 is 2.57 bits per heavy atom. The number of nitrogens with zero attached hydrogens (tertiary/aromatic N) is 1. The van der Waals surface area contributed by atoms with Crippen molar-refractivity contribution < 1.29 is 14.3 Å². The number of rotatable bonds is 2. The zero-order valence-electron chi connectivity index (χ0n) is 7.18. The van der Waals surface area contributed by atoms with Crippen LogP contribution in [-0.4, -0.2) is 16.4 Å². The van der Waals surface area contributed by atoms with Crippen molar-refractivity contribution in [1.82, 2.24) is 4.98 Å². The molecule has 4 nitrogen and oxygen atoms in total. The molecule has 0 saturated heterocycles. The summed E-state index contributed by atoms with van der Waals surface area (Å²) in [6.07, 6.45) is 1.94.